The van der Waals surface area contributed by atoms with Gasteiger partial charge in [-0.1, -0.05) is 33.6 Å². The zero-order valence-corrected chi connectivity index (χ0v) is 19.5. The van der Waals surface area contributed by atoms with Crippen LogP contribution in [0.5, 0.6) is 0 Å². The summed E-state index contributed by atoms with van der Waals surface area (Å²) < 4.78 is 27.2. The van der Waals surface area contributed by atoms with E-state index in [9.17, 15) is 13.2 Å². The van der Waals surface area contributed by atoms with E-state index in [0.717, 1.165) is 50.6 Å². The predicted octanol–water partition coefficient (Wildman–Crippen LogP) is 4.79. The molecule has 2 fully saturated rings. The number of benzene rings is 1. The molecule has 2 heterocycles. The van der Waals surface area contributed by atoms with Crippen LogP contribution in [-0.4, -0.2) is 49.8 Å². The minimum Gasteiger partial charge on any atom is -0.325 e. The fourth-order valence-corrected chi connectivity index (χ4v) is 5.75. The summed E-state index contributed by atoms with van der Waals surface area (Å²) in [6.45, 7) is 9.40. The normalized spacial score (nSPS) is 19.9. The van der Waals surface area contributed by atoms with Gasteiger partial charge >= 0.3 is 6.03 Å². The lowest BCUT2D eigenvalue weighted by Crippen LogP contribution is -2.41. The van der Waals surface area contributed by atoms with Crippen molar-refractivity contribution in [1.82, 2.24) is 9.21 Å². The average Bonchev–Trinajstić information content (AvgIpc) is 2.73. The molecule has 0 radical (unpaired) electrons. The number of nitrogens with zero attached hydrogens (tertiary/aromatic N) is 2. The van der Waals surface area contributed by atoms with E-state index in [2.05, 4.69) is 26.1 Å². The Kier molecular flexibility index (Phi) is 7.80. The second-order valence-electron chi connectivity index (χ2n) is 9.44. The number of hydrogen-bond acceptors (Lipinski definition) is 3. The van der Waals surface area contributed by atoms with E-state index in [1.165, 1.54) is 12.8 Å². The largest absolute Gasteiger partial charge is 0.325 e. The number of likely N-dealkylation sites (tertiary alicyclic amines) is 1. The van der Waals surface area contributed by atoms with Gasteiger partial charge in [-0.2, -0.15) is 4.31 Å². The van der Waals surface area contributed by atoms with Gasteiger partial charge in [0.05, 0.1) is 4.90 Å². The van der Waals surface area contributed by atoms with Gasteiger partial charge in [0.25, 0.3) is 0 Å². The third-order valence-corrected chi connectivity index (χ3v) is 8.45. The lowest BCUT2D eigenvalue weighted by Gasteiger charge is -2.32. The zero-order chi connectivity index (χ0) is 21.7. The van der Waals surface area contributed by atoms with E-state index in [1.54, 1.807) is 28.6 Å². The summed E-state index contributed by atoms with van der Waals surface area (Å²) >= 11 is 0. The van der Waals surface area contributed by atoms with Gasteiger partial charge in [-0.3, -0.25) is 0 Å². The molecule has 2 aliphatic rings. The van der Waals surface area contributed by atoms with Gasteiger partial charge in [0, 0.05) is 31.9 Å². The number of urea groups is 1. The van der Waals surface area contributed by atoms with Gasteiger partial charge in [0.1, 0.15) is 0 Å². The first kappa shape index (κ1) is 23.1. The summed E-state index contributed by atoms with van der Waals surface area (Å²) in [6.07, 6.45) is 6.43. The van der Waals surface area contributed by atoms with E-state index in [0.29, 0.717) is 29.6 Å². The summed E-state index contributed by atoms with van der Waals surface area (Å²) in [5.41, 5.74) is 0.633. The van der Waals surface area contributed by atoms with Crippen LogP contribution in [0.2, 0.25) is 0 Å². The number of anilines is 1. The monoisotopic (exact) mass is 435 g/mol. The van der Waals surface area contributed by atoms with Gasteiger partial charge in [0.15, 0.2) is 0 Å². The predicted molar refractivity (Wildman–Crippen MR) is 121 cm³/mol. The first-order chi connectivity index (χ1) is 14.3. The fraction of sp³-hybridized carbons (Fsp3) is 0.696. The SMILES string of the molecule is CC(C)CCC1CCN(C(=O)Nc2ccc(S(=O)(=O)N3CCC(C)CC3)cc2)CC1. The topological polar surface area (TPSA) is 69.7 Å². The highest BCUT2D eigenvalue weighted by Crippen LogP contribution is 2.26. The van der Waals surface area contributed by atoms with Crippen LogP contribution in [0.4, 0.5) is 10.5 Å². The van der Waals surface area contributed by atoms with E-state index < -0.39 is 10.0 Å². The molecule has 1 N–H and O–H groups in total. The minimum atomic E-state index is -3.46. The highest BCUT2D eigenvalue weighted by molar-refractivity contribution is 7.89. The van der Waals surface area contributed by atoms with Gasteiger partial charge < -0.3 is 10.2 Å². The summed E-state index contributed by atoms with van der Waals surface area (Å²) in [5, 5.41) is 2.92. The molecule has 0 bridgehead atoms. The molecule has 1 aromatic carbocycles. The molecule has 3 rings (SSSR count). The summed E-state index contributed by atoms with van der Waals surface area (Å²) in [4.78, 5) is 14.7. The minimum absolute atomic E-state index is 0.0991. The van der Waals surface area contributed by atoms with Crippen LogP contribution < -0.4 is 5.32 Å². The van der Waals surface area contributed by atoms with Gasteiger partial charge in [0.2, 0.25) is 10.0 Å². The summed E-state index contributed by atoms with van der Waals surface area (Å²) in [5.74, 6) is 2.03. The van der Waals surface area contributed by atoms with Crippen molar-refractivity contribution in [2.24, 2.45) is 17.8 Å². The van der Waals surface area contributed by atoms with Gasteiger partial charge in [-0.15, -0.1) is 0 Å². The third-order valence-electron chi connectivity index (χ3n) is 6.54. The first-order valence-electron chi connectivity index (χ1n) is 11.4. The molecule has 0 spiro atoms. The zero-order valence-electron chi connectivity index (χ0n) is 18.6. The average molecular weight is 436 g/mol. The highest BCUT2D eigenvalue weighted by Gasteiger charge is 2.28. The number of nitrogens with one attached hydrogen (secondary N) is 1. The molecular formula is C23H37N3O3S. The van der Waals surface area contributed by atoms with Crippen molar-refractivity contribution < 1.29 is 13.2 Å². The molecule has 6 nitrogen and oxygen atoms in total. The maximum Gasteiger partial charge on any atom is 0.321 e. The van der Waals surface area contributed by atoms with Crippen molar-refractivity contribution in [3.05, 3.63) is 24.3 Å². The van der Waals surface area contributed by atoms with E-state index >= 15 is 0 Å². The van der Waals surface area contributed by atoms with Crippen molar-refractivity contribution in [2.75, 3.05) is 31.5 Å². The first-order valence-corrected chi connectivity index (χ1v) is 12.9. The number of sulfonamides is 1. The van der Waals surface area contributed by atoms with Gasteiger partial charge in [-0.25, -0.2) is 13.2 Å². The fourth-order valence-electron chi connectivity index (χ4n) is 4.28. The molecule has 0 aliphatic carbocycles. The van der Waals surface area contributed by atoms with Crippen LogP contribution in [0.1, 0.15) is 59.3 Å². The van der Waals surface area contributed by atoms with Crippen molar-refractivity contribution in [3.63, 3.8) is 0 Å². The third kappa shape index (κ3) is 5.97. The van der Waals surface area contributed by atoms with Crippen LogP contribution in [0.15, 0.2) is 29.2 Å². The Balaban J connectivity index is 1.51. The van der Waals surface area contributed by atoms with Crippen molar-refractivity contribution in [3.8, 4) is 0 Å². The van der Waals surface area contributed by atoms with Crippen LogP contribution >= 0.6 is 0 Å². The lowest BCUT2D eigenvalue weighted by atomic mass is 9.90. The second-order valence-corrected chi connectivity index (χ2v) is 11.4. The summed E-state index contributed by atoms with van der Waals surface area (Å²) in [6, 6.07) is 6.47. The number of rotatable bonds is 6. The molecule has 0 aromatic heterocycles. The molecule has 0 saturated carbocycles. The molecule has 2 saturated heterocycles. The Morgan fingerprint density at radius 1 is 1.03 bits per heavy atom. The molecule has 168 valence electrons. The number of piperidine rings is 2. The standard InChI is InChI=1S/C23H37N3O3S/c1-18(2)4-5-20-12-14-25(15-13-20)23(27)24-21-6-8-22(9-7-21)30(28,29)26-16-10-19(3)11-17-26/h6-9,18-20H,4-5,10-17H2,1-3H3,(H,24,27). The van der Waals surface area contributed by atoms with E-state index in [1.807, 2.05) is 4.90 Å². The number of amides is 2. The molecule has 2 amide bonds. The quantitative estimate of drug-likeness (QED) is 0.699. The Hall–Kier alpha value is -1.60. The Bertz CT molecular complexity index is 791. The highest BCUT2D eigenvalue weighted by atomic mass is 32.2. The maximum absolute atomic E-state index is 12.8. The van der Waals surface area contributed by atoms with Crippen LogP contribution in [0, 0.1) is 17.8 Å². The molecule has 7 heteroatoms. The number of carbonyl (C=O) groups is 1. The number of carbonyl (C=O) groups excluding carboxylic acids is 1. The van der Waals surface area contributed by atoms with E-state index in [-0.39, 0.29) is 6.03 Å². The van der Waals surface area contributed by atoms with Gasteiger partial charge in [-0.05, 0) is 67.7 Å². The molecule has 0 unspecified atom stereocenters. The van der Waals surface area contributed by atoms with Crippen LogP contribution in [0.25, 0.3) is 0 Å². The van der Waals surface area contributed by atoms with Crippen molar-refractivity contribution in [2.45, 2.75) is 64.2 Å². The Labute approximate surface area is 182 Å². The van der Waals surface area contributed by atoms with Crippen LogP contribution in [0.3, 0.4) is 0 Å². The Morgan fingerprint density at radius 3 is 2.20 bits per heavy atom. The lowest BCUT2D eigenvalue weighted by molar-refractivity contribution is 0.177. The molecule has 1 aromatic rings. The van der Waals surface area contributed by atoms with E-state index in [4.69, 9.17) is 0 Å². The van der Waals surface area contributed by atoms with Crippen LogP contribution in [-0.2, 0) is 10.0 Å². The van der Waals surface area contributed by atoms with Crippen molar-refractivity contribution in [1.29, 1.82) is 0 Å². The Morgan fingerprint density at radius 2 is 1.63 bits per heavy atom. The molecule has 30 heavy (non-hydrogen) atoms. The maximum atomic E-state index is 12.8. The van der Waals surface area contributed by atoms with Crippen molar-refractivity contribution >= 4 is 21.7 Å². The smallest absolute Gasteiger partial charge is 0.321 e. The number of hydrogen-bond donors (Lipinski definition) is 1. The second kappa shape index (κ2) is 10.1. The molecule has 0 atom stereocenters. The summed E-state index contributed by atoms with van der Waals surface area (Å²) in [7, 11) is -3.46. The molecular weight excluding hydrogens is 398 g/mol. The molecule has 2 aliphatic heterocycles.